The molecule has 3 heteroatoms. The molecule has 104 valence electrons. The Morgan fingerprint density at radius 1 is 1.16 bits per heavy atom. The molecule has 1 saturated carbocycles. The number of hydrogen-bond donors (Lipinski definition) is 1. The molecule has 1 heterocycles. The number of ether oxygens (including phenoxy) is 1. The van der Waals surface area contributed by atoms with Gasteiger partial charge in [-0.2, -0.15) is 11.8 Å². The summed E-state index contributed by atoms with van der Waals surface area (Å²) in [6, 6.07) is 9.13. The highest BCUT2D eigenvalue weighted by Gasteiger charge is 2.21. The first-order valence-corrected chi connectivity index (χ1v) is 8.49. The summed E-state index contributed by atoms with van der Waals surface area (Å²) in [4.78, 5) is 0. The third kappa shape index (κ3) is 3.59. The fourth-order valence-corrected chi connectivity index (χ4v) is 4.13. The van der Waals surface area contributed by atoms with E-state index in [0.717, 1.165) is 11.0 Å². The van der Waals surface area contributed by atoms with Crippen LogP contribution in [0.1, 0.15) is 39.0 Å². The van der Waals surface area contributed by atoms with E-state index in [0.29, 0.717) is 12.1 Å². The van der Waals surface area contributed by atoms with E-state index >= 15 is 0 Å². The van der Waals surface area contributed by atoms with Crippen molar-refractivity contribution in [3.8, 4) is 5.75 Å². The van der Waals surface area contributed by atoms with Gasteiger partial charge in [0.05, 0.1) is 6.10 Å². The minimum absolute atomic E-state index is 0.450. The summed E-state index contributed by atoms with van der Waals surface area (Å²) < 4.78 is 5.99. The Morgan fingerprint density at radius 3 is 2.53 bits per heavy atom. The van der Waals surface area contributed by atoms with Crippen LogP contribution in [0.5, 0.6) is 5.75 Å². The molecule has 1 saturated heterocycles. The molecule has 0 spiro atoms. The van der Waals surface area contributed by atoms with Crippen molar-refractivity contribution in [2.45, 2.75) is 56.4 Å². The summed E-state index contributed by atoms with van der Waals surface area (Å²) in [7, 11) is 0. The molecule has 1 N–H and O–H groups in total. The Balaban J connectivity index is 1.53. The van der Waals surface area contributed by atoms with Gasteiger partial charge in [-0.1, -0.05) is 6.92 Å². The molecule has 2 unspecified atom stereocenters. The molecule has 1 aromatic carbocycles. The van der Waals surface area contributed by atoms with Crippen LogP contribution in [0.25, 0.3) is 0 Å². The van der Waals surface area contributed by atoms with E-state index in [9.17, 15) is 0 Å². The van der Waals surface area contributed by atoms with Gasteiger partial charge < -0.3 is 10.1 Å². The molecule has 2 atom stereocenters. The van der Waals surface area contributed by atoms with Gasteiger partial charge in [-0.3, -0.25) is 0 Å². The number of thioether (sulfide) groups is 1. The number of nitrogens with one attached hydrogen (secondary N) is 1. The molecule has 1 aliphatic heterocycles. The van der Waals surface area contributed by atoms with E-state index < -0.39 is 0 Å². The highest BCUT2D eigenvalue weighted by Crippen LogP contribution is 2.29. The molecule has 2 fully saturated rings. The molecule has 0 aromatic heterocycles. The van der Waals surface area contributed by atoms with Crippen molar-refractivity contribution < 1.29 is 4.74 Å². The zero-order valence-electron chi connectivity index (χ0n) is 11.6. The summed E-state index contributed by atoms with van der Waals surface area (Å²) in [6.45, 7) is 2.31. The van der Waals surface area contributed by atoms with Gasteiger partial charge in [0.2, 0.25) is 0 Å². The van der Waals surface area contributed by atoms with Gasteiger partial charge in [-0.25, -0.2) is 0 Å². The molecule has 19 heavy (non-hydrogen) atoms. The molecule has 0 amide bonds. The maximum absolute atomic E-state index is 5.99. The smallest absolute Gasteiger partial charge is 0.119 e. The summed E-state index contributed by atoms with van der Waals surface area (Å²) in [6.07, 6.45) is 6.80. The highest BCUT2D eigenvalue weighted by atomic mass is 32.2. The lowest BCUT2D eigenvalue weighted by atomic mass is 10.2. The highest BCUT2D eigenvalue weighted by molar-refractivity contribution is 8.00. The number of benzene rings is 1. The standard InChI is InChI=1S/C16H23NOS/c1-12-10-14(11-19-12)17-13-6-8-16(9-7-13)18-15-4-2-3-5-15/h6-9,12,14-15,17H,2-5,10-11H2,1H3. The summed E-state index contributed by atoms with van der Waals surface area (Å²) in [5.74, 6) is 2.24. The molecule has 1 aromatic rings. The summed E-state index contributed by atoms with van der Waals surface area (Å²) >= 11 is 2.06. The van der Waals surface area contributed by atoms with Crippen LogP contribution in [0.4, 0.5) is 5.69 Å². The van der Waals surface area contributed by atoms with Crippen molar-refractivity contribution in [1.29, 1.82) is 0 Å². The molecule has 3 rings (SSSR count). The van der Waals surface area contributed by atoms with Crippen molar-refractivity contribution in [2.24, 2.45) is 0 Å². The molecule has 0 radical (unpaired) electrons. The van der Waals surface area contributed by atoms with E-state index in [1.54, 1.807) is 0 Å². The lowest BCUT2D eigenvalue weighted by Crippen LogP contribution is -2.18. The Bertz CT molecular complexity index is 400. The van der Waals surface area contributed by atoms with Gasteiger partial charge in [-0.05, 0) is 56.4 Å². The summed E-state index contributed by atoms with van der Waals surface area (Å²) in [5, 5.41) is 4.41. The lowest BCUT2D eigenvalue weighted by molar-refractivity contribution is 0.210. The Morgan fingerprint density at radius 2 is 1.89 bits per heavy atom. The predicted octanol–water partition coefficient (Wildman–Crippen LogP) is 4.31. The number of rotatable bonds is 4. The zero-order valence-corrected chi connectivity index (χ0v) is 12.4. The molecule has 2 aliphatic rings. The minimum Gasteiger partial charge on any atom is -0.490 e. The Kier molecular flexibility index (Phi) is 4.21. The van der Waals surface area contributed by atoms with Gasteiger partial charge in [0.25, 0.3) is 0 Å². The molecule has 2 nitrogen and oxygen atoms in total. The Hall–Kier alpha value is -0.830. The third-order valence-electron chi connectivity index (χ3n) is 4.03. The number of anilines is 1. The SMILES string of the molecule is CC1CC(Nc2ccc(OC3CCCC3)cc2)CS1. The van der Waals surface area contributed by atoms with Crippen LogP contribution in [0.2, 0.25) is 0 Å². The van der Waals surface area contributed by atoms with E-state index in [1.807, 2.05) is 0 Å². The van der Waals surface area contributed by atoms with Gasteiger partial charge in [0, 0.05) is 22.7 Å². The second-order valence-corrected chi connectivity index (χ2v) is 7.24. The second kappa shape index (κ2) is 6.08. The van der Waals surface area contributed by atoms with Crippen molar-refractivity contribution in [1.82, 2.24) is 0 Å². The van der Waals surface area contributed by atoms with Crippen LogP contribution >= 0.6 is 11.8 Å². The van der Waals surface area contributed by atoms with Crippen LogP contribution in [-0.4, -0.2) is 23.1 Å². The van der Waals surface area contributed by atoms with Crippen LogP contribution in [0, 0.1) is 0 Å². The van der Waals surface area contributed by atoms with Crippen molar-refractivity contribution in [3.05, 3.63) is 24.3 Å². The predicted molar refractivity (Wildman–Crippen MR) is 83.3 cm³/mol. The first-order chi connectivity index (χ1) is 9.29. The molecule has 0 bridgehead atoms. The monoisotopic (exact) mass is 277 g/mol. The zero-order chi connectivity index (χ0) is 13.1. The quantitative estimate of drug-likeness (QED) is 0.886. The average Bonchev–Trinajstić information content (AvgIpc) is 3.04. The largest absolute Gasteiger partial charge is 0.490 e. The normalized spacial score (nSPS) is 27.6. The van der Waals surface area contributed by atoms with E-state index in [2.05, 4.69) is 48.3 Å². The van der Waals surface area contributed by atoms with Crippen LogP contribution < -0.4 is 10.1 Å². The van der Waals surface area contributed by atoms with Crippen molar-refractivity contribution in [3.63, 3.8) is 0 Å². The summed E-state index contributed by atoms with van der Waals surface area (Å²) in [5.41, 5.74) is 1.22. The minimum atomic E-state index is 0.450. The second-order valence-electron chi connectivity index (χ2n) is 5.77. The maximum Gasteiger partial charge on any atom is 0.119 e. The molecular formula is C16H23NOS. The fraction of sp³-hybridized carbons (Fsp3) is 0.625. The van der Waals surface area contributed by atoms with Crippen LogP contribution in [0.3, 0.4) is 0 Å². The average molecular weight is 277 g/mol. The van der Waals surface area contributed by atoms with Crippen molar-refractivity contribution >= 4 is 17.4 Å². The van der Waals surface area contributed by atoms with Crippen LogP contribution in [0.15, 0.2) is 24.3 Å². The lowest BCUT2D eigenvalue weighted by Gasteiger charge is -2.15. The molecule has 1 aliphatic carbocycles. The topological polar surface area (TPSA) is 21.3 Å². The van der Waals surface area contributed by atoms with Gasteiger partial charge in [-0.15, -0.1) is 0 Å². The van der Waals surface area contributed by atoms with Gasteiger partial charge >= 0.3 is 0 Å². The fourth-order valence-electron chi connectivity index (χ4n) is 2.98. The van der Waals surface area contributed by atoms with Crippen molar-refractivity contribution in [2.75, 3.05) is 11.1 Å². The third-order valence-corrected chi connectivity index (χ3v) is 5.38. The van der Waals surface area contributed by atoms with Crippen LogP contribution in [-0.2, 0) is 0 Å². The van der Waals surface area contributed by atoms with Gasteiger partial charge in [0.1, 0.15) is 5.75 Å². The first kappa shape index (κ1) is 13.2. The Labute approximate surface area is 120 Å². The first-order valence-electron chi connectivity index (χ1n) is 7.44. The van der Waals surface area contributed by atoms with E-state index in [-0.39, 0.29) is 0 Å². The maximum atomic E-state index is 5.99. The van der Waals surface area contributed by atoms with E-state index in [1.165, 1.54) is 43.5 Å². The van der Waals surface area contributed by atoms with Gasteiger partial charge in [0.15, 0.2) is 0 Å². The molecular weight excluding hydrogens is 254 g/mol. The number of hydrogen-bond acceptors (Lipinski definition) is 3. The van der Waals surface area contributed by atoms with E-state index in [4.69, 9.17) is 4.74 Å².